The molecule has 3 heteroatoms. The molecule has 0 aromatic rings. The van der Waals surface area contributed by atoms with Gasteiger partial charge in [-0.15, -0.1) is 0 Å². The highest BCUT2D eigenvalue weighted by Crippen LogP contribution is 2.43. The van der Waals surface area contributed by atoms with Crippen molar-refractivity contribution < 1.29 is 14.4 Å². The molecule has 0 atom stereocenters. The van der Waals surface area contributed by atoms with E-state index in [0.29, 0.717) is 36.0 Å². The fraction of sp³-hybridized carbons (Fsp3) is 0.500. The van der Waals surface area contributed by atoms with Crippen molar-refractivity contribution in [3.05, 3.63) is 33.4 Å². The number of Topliss-reactive ketones (excluding diaryl/α,β-unsaturated/α-hetero) is 3. The Labute approximate surface area is 123 Å². The second kappa shape index (κ2) is 4.62. The molecule has 4 aliphatic carbocycles. The molecular weight excluding hydrogens is 264 g/mol. The lowest BCUT2D eigenvalue weighted by Gasteiger charge is -2.32. The molecule has 0 fully saturated rings. The van der Waals surface area contributed by atoms with E-state index in [4.69, 9.17) is 0 Å². The molecule has 108 valence electrons. The van der Waals surface area contributed by atoms with Crippen LogP contribution >= 0.6 is 0 Å². The molecule has 0 unspecified atom stereocenters. The highest BCUT2D eigenvalue weighted by Gasteiger charge is 2.42. The van der Waals surface area contributed by atoms with E-state index in [1.54, 1.807) is 0 Å². The third-order valence-corrected chi connectivity index (χ3v) is 5.29. The molecule has 0 spiro atoms. The first kappa shape index (κ1) is 12.9. The van der Waals surface area contributed by atoms with Crippen LogP contribution in [0.25, 0.3) is 0 Å². The summed E-state index contributed by atoms with van der Waals surface area (Å²) in [7, 11) is 0. The maximum atomic E-state index is 12.7. The lowest BCUT2D eigenvalue weighted by molar-refractivity contribution is -0.121. The highest BCUT2D eigenvalue weighted by atomic mass is 16.2. The van der Waals surface area contributed by atoms with Gasteiger partial charge in [-0.3, -0.25) is 14.4 Å². The summed E-state index contributed by atoms with van der Waals surface area (Å²) >= 11 is 0. The van der Waals surface area contributed by atoms with Gasteiger partial charge in [-0.25, -0.2) is 0 Å². The molecule has 0 heterocycles. The number of carbonyl (C=O) groups is 3. The van der Waals surface area contributed by atoms with Crippen LogP contribution in [0.3, 0.4) is 0 Å². The molecule has 3 nitrogen and oxygen atoms in total. The van der Waals surface area contributed by atoms with E-state index in [0.717, 1.165) is 49.7 Å². The zero-order valence-corrected chi connectivity index (χ0v) is 12.1. The normalized spacial score (nSPS) is 26.0. The Bertz CT molecular complexity index is 675. The van der Waals surface area contributed by atoms with Crippen molar-refractivity contribution in [1.82, 2.24) is 0 Å². The summed E-state index contributed by atoms with van der Waals surface area (Å²) in [5.74, 6) is -0.285. The van der Waals surface area contributed by atoms with Crippen LogP contribution in [0, 0.1) is 0 Å². The van der Waals surface area contributed by atoms with Crippen molar-refractivity contribution >= 4 is 17.3 Å². The Kier molecular flexibility index (Phi) is 2.84. The van der Waals surface area contributed by atoms with Crippen molar-refractivity contribution in [3.63, 3.8) is 0 Å². The maximum absolute atomic E-state index is 12.7. The van der Waals surface area contributed by atoms with Gasteiger partial charge in [0.1, 0.15) is 0 Å². The summed E-state index contributed by atoms with van der Waals surface area (Å²) < 4.78 is 0. The predicted molar refractivity (Wildman–Crippen MR) is 77.7 cm³/mol. The molecule has 4 aliphatic rings. The lowest BCUT2D eigenvalue weighted by atomic mass is 9.69. The fourth-order valence-electron chi connectivity index (χ4n) is 4.20. The van der Waals surface area contributed by atoms with Gasteiger partial charge >= 0.3 is 0 Å². The van der Waals surface area contributed by atoms with Gasteiger partial charge < -0.3 is 0 Å². The molecule has 4 rings (SSSR count). The molecule has 0 bridgehead atoms. The Hall–Kier alpha value is -1.77. The van der Waals surface area contributed by atoms with E-state index in [2.05, 4.69) is 0 Å². The van der Waals surface area contributed by atoms with Crippen LogP contribution in [0.4, 0.5) is 0 Å². The van der Waals surface area contributed by atoms with Crippen molar-refractivity contribution in [2.24, 2.45) is 0 Å². The van der Waals surface area contributed by atoms with Crippen LogP contribution < -0.4 is 0 Å². The van der Waals surface area contributed by atoms with Gasteiger partial charge in [-0.2, -0.15) is 0 Å². The van der Waals surface area contributed by atoms with Gasteiger partial charge in [0.25, 0.3) is 0 Å². The SMILES string of the molecule is O=C1C2=C(CCCC2)C(=O)C2=C1CC1=C(CCCC1)C2=O. The molecule has 0 radical (unpaired) electrons. The first-order chi connectivity index (χ1) is 10.2. The average molecular weight is 282 g/mol. The Morgan fingerprint density at radius 2 is 1.05 bits per heavy atom. The van der Waals surface area contributed by atoms with E-state index < -0.39 is 0 Å². The summed E-state index contributed by atoms with van der Waals surface area (Å²) in [6.07, 6.45) is 7.62. The van der Waals surface area contributed by atoms with Gasteiger partial charge in [0.2, 0.25) is 0 Å². The van der Waals surface area contributed by atoms with Gasteiger partial charge in [0, 0.05) is 16.7 Å². The summed E-state index contributed by atoms with van der Waals surface area (Å²) in [4.78, 5) is 38.1. The molecule has 0 aromatic heterocycles. The molecule has 0 N–H and O–H groups in total. The molecule has 21 heavy (non-hydrogen) atoms. The van der Waals surface area contributed by atoms with Crippen molar-refractivity contribution in [3.8, 4) is 0 Å². The van der Waals surface area contributed by atoms with Crippen molar-refractivity contribution in [1.29, 1.82) is 0 Å². The smallest absolute Gasteiger partial charge is 0.193 e. The third-order valence-electron chi connectivity index (χ3n) is 5.29. The molecule has 0 amide bonds. The Morgan fingerprint density at radius 3 is 1.76 bits per heavy atom. The van der Waals surface area contributed by atoms with E-state index in [9.17, 15) is 14.4 Å². The van der Waals surface area contributed by atoms with Crippen LogP contribution in [-0.4, -0.2) is 17.3 Å². The number of hydrogen-bond donors (Lipinski definition) is 0. The first-order valence-corrected chi connectivity index (χ1v) is 7.98. The molecular formula is C18H18O3. The average Bonchev–Trinajstić information content (AvgIpc) is 2.52. The van der Waals surface area contributed by atoms with Gasteiger partial charge in [-0.05, 0) is 63.4 Å². The minimum Gasteiger partial charge on any atom is -0.289 e. The Morgan fingerprint density at radius 1 is 0.524 bits per heavy atom. The quantitative estimate of drug-likeness (QED) is 0.506. The predicted octanol–water partition coefficient (Wildman–Crippen LogP) is 3.15. The van der Waals surface area contributed by atoms with Crippen molar-refractivity contribution in [2.45, 2.75) is 57.8 Å². The maximum Gasteiger partial charge on any atom is 0.193 e. The van der Waals surface area contributed by atoms with E-state index in [1.165, 1.54) is 0 Å². The minimum atomic E-state index is -0.138. The Balaban J connectivity index is 1.81. The minimum absolute atomic E-state index is 0.00947. The summed E-state index contributed by atoms with van der Waals surface area (Å²) in [5, 5.41) is 0. The van der Waals surface area contributed by atoms with Gasteiger partial charge in [0.05, 0.1) is 5.57 Å². The van der Waals surface area contributed by atoms with Gasteiger partial charge in [-0.1, -0.05) is 5.57 Å². The van der Waals surface area contributed by atoms with Crippen LogP contribution in [0.15, 0.2) is 33.4 Å². The zero-order chi connectivity index (χ0) is 14.6. The molecule has 0 saturated heterocycles. The number of carbonyl (C=O) groups excluding carboxylic acids is 3. The first-order valence-electron chi connectivity index (χ1n) is 7.98. The van der Waals surface area contributed by atoms with Crippen LogP contribution in [0.2, 0.25) is 0 Å². The van der Waals surface area contributed by atoms with E-state index >= 15 is 0 Å². The largest absolute Gasteiger partial charge is 0.289 e. The fourth-order valence-corrected chi connectivity index (χ4v) is 4.20. The van der Waals surface area contributed by atoms with Gasteiger partial charge in [0.15, 0.2) is 17.3 Å². The second-order valence-electron chi connectivity index (χ2n) is 6.47. The standard InChI is InChI=1S/C18H18O3/c19-16-12-7-3-4-8-13(12)18(21)15-14(16)9-10-5-1-2-6-11(10)17(15)20/h1-9H2. The summed E-state index contributed by atoms with van der Waals surface area (Å²) in [6.45, 7) is 0. The number of allylic oxidation sites excluding steroid dienone is 6. The third kappa shape index (κ3) is 1.76. The monoisotopic (exact) mass is 282 g/mol. The van der Waals surface area contributed by atoms with E-state index in [-0.39, 0.29) is 22.9 Å². The lowest BCUT2D eigenvalue weighted by Crippen LogP contribution is -2.33. The van der Waals surface area contributed by atoms with E-state index in [1.807, 2.05) is 0 Å². The molecule has 0 aromatic carbocycles. The molecule has 0 aliphatic heterocycles. The van der Waals surface area contributed by atoms with Crippen LogP contribution in [-0.2, 0) is 14.4 Å². The second-order valence-corrected chi connectivity index (χ2v) is 6.47. The number of rotatable bonds is 0. The zero-order valence-electron chi connectivity index (χ0n) is 12.1. The topological polar surface area (TPSA) is 51.2 Å². The van der Waals surface area contributed by atoms with Crippen molar-refractivity contribution in [2.75, 3.05) is 0 Å². The number of hydrogen-bond acceptors (Lipinski definition) is 3. The number of ketones is 3. The molecule has 0 saturated carbocycles. The van der Waals surface area contributed by atoms with Crippen LogP contribution in [0.5, 0.6) is 0 Å². The highest BCUT2D eigenvalue weighted by molar-refractivity contribution is 6.39. The summed E-state index contributed by atoms with van der Waals surface area (Å²) in [6, 6.07) is 0. The summed E-state index contributed by atoms with van der Waals surface area (Å²) in [5.41, 5.74) is 4.02. The van der Waals surface area contributed by atoms with Crippen LogP contribution in [0.1, 0.15) is 57.8 Å².